The van der Waals surface area contributed by atoms with Crippen LogP contribution in [0.25, 0.3) is 0 Å². The Morgan fingerprint density at radius 3 is 2.24 bits per heavy atom. The van der Waals surface area contributed by atoms with Crippen molar-refractivity contribution in [2.45, 2.75) is 44.3 Å². The maximum absolute atomic E-state index is 13.1. The first-order chi connectivity index (χ1) is 17.4. The van der Waals surface area contributed by atoms with Crippen molar-refractivity contribution in [3.05, 3.63) is 57.5 Å². The molecule has 0 aliphatic carbocycles. The van der Waals surface area contributed by atoms with Gasteiger partial charge in [-0.2, -0.15) is 13.2 Å². The van der Waals surface area contributed by atoms with Gasteiger partial charge < -0.3 is 16.6 Å². The number of nitrogens with one attached hydrogen (secondary N) is 3. The number of guanidine groups is 1. The summed E-state index contributed by atoms with van der Waals surface area (Å²) in [7, 11) is -4.05. The molecule has 0 bridgehead atoms. The predicted molar refractivity (Wildman–Crippen MR) is 130 cm³/mol. The highest BCUT2D eigenvalue weighted by molar-refractivity contribution is 7.92. The molecule has 0 fully saturated rings. The number of alkyl halides is 3. The Bertz CT molecular complexity index is 1360. The molecular formula is C21H27F3N6O7S. The van der Waals surface area contributed by atoms with Crippen molar-refractivity contribution in [2.75, 3.05) is 11.3 Å². The molecule has 17 heteroatoms. The molecule has 0 aliphatic rings. The van der Waals surface area contributed by atoms with E-state index >= 15 is 0 Å². The Labute approximate surface area is 215 Å². The SMILES string of the molecule is Cc1ccc(C)c(S(=O)(=O)Nc2ccc(C)n(C(CCONC(=N)N)C(N)=O)c2=O)c1.O=C(O)C(F)(F)F. The molecule has 1 unspecified atom stereocenters. The summed E-state index contributed by atoms with van der Waals surface area (Å²) in [4.78, 5) is 39.0. The molecule has 1 amide bonds. The number of halogens is 3. The van der Waals surface area contributed by atoms with Gasteiger partial charge in [-0.15, -0.1) is 0 Å². The number of carboxylic acid groups (broad SMARTS) is 1. The van der Waals surface area contributed by atoms with E-state index < -0.39 is 45.6 Å². The van der Waals surface area contributed by atoms with Crippen LogP contribution in [0.2, 0.25) is 0 Å². The van der Waals surface area contributed by atoms with Crippen molar-refractivity contribution in [3.63, 3.8) is 0 Å². The van der Waals surface area contributed by atoms with Crippen molar-refractivity contribution in [1.82, 2.24) is 10.0 Å². The zero-order valence-corrected chi connectivity index (χ0v) is 21.2. The van der Waals surface area contributed by atoms with Crippen molar-refractivity contribution in [3.8, 4) is 0 Å². The summed E-state index contributed by atoms with van der Waals surface area (Å²) in [6, 6.07) is 6.71. The number of anilines is 1. The molecular weight excluding hydrogens is 537 g/mol. The number of hydrogen-bond acceptors (Lipinski definition) is 7. The van der Waals surface area contributed by atoms with Crippen LogP contribution in [0.4, 0.5) is 18.9 Å². The molecule has 2 rings (SSSR count). The molecule has 38 heavy (non-hydrogen) atoms. The van der Waals surface area contributed by atoms with Crippen LogP contribution in [0.5, 0.6) is 0 Å². The largest absolute Gasteiger partial charge is 0.490 e. The molecule has 0 saturated carbocycles. The molecule has 0 radical (unpaired) electrons. The minimum atomic E-state index is -5.08. The number of aryl methyl sites for hydroxylation is 3. The number of carbonyl (C=O) groups is 2. The highest BCUT2D eigenvalue weighted by Crippen LogP contribution is 2.21. The van der Waals surface area contributed by atoms with E-state index in [2.05, 4.69) is 10.2 Å². The number of nitrogens with zero attached hydrogens (tertiary/aromatic N) is 1. The van der Waals surface area contributed by atoms with Gasteiger partial charge in [0.15, 0.2) is 0 Å². The smallest absolute Gasteiger partial charge is 0.475 e. The predicted octanol–water partition coefficient (Wildman–Crippen LogP) is 1.04. The van der Waals surface area contributed by atoms with E-state index in [9.17, 15) is 31.2 Å². The molecule has 8 N–H and O–H groups in total. The van der Waals surface area contributed by atoms with Gasteiger partial charge in [0.2, 0.25) is 11.9 Å². The van der Waals surface area contributed by atoms with Gasteiger partial charge in [-0.1, -0.05) is 12.1 Å². The number of carbonyl (C=O) groups excluding carboxylic acids is 1. The van der Waals surface area contributed by atoms with Gasteiger partial charge in [-0.3, -0.25) is 29.1 Å². The Balaban J connectivity index is 0.000000905. The number of rotatable bonds is 9. The summed E-state index contributed by atoms with van der Waals surface area (Å²) >= 11 is 0. The highest BCUT2D eigenvalue weighted by atomic mass is 32.2. The van der Waals surface area contributed by atoms with Crippen molar-refractivity contribution >= 4 is 33.5 Å². The molecule has 0 aliphatic heterocycles. The third-order valence-corrected chi connectivity index (χ3v) is 6.26. The third kappa shape index (κ3) is 9.07. The first-order valence-corrected chi connectivity index (χ1v) is 12.0. The zero-order valence-electron chi connectivity index (χ0n) is 20.4. The monoisotopic (exact) mass is 564 g/mol. The fourth-order valence-electron chi connectivity index (χ4n) is 3.00. The number of carboxylic acids is 1. The lowest BCUT2D eigenvalue weighted by atomic mass is 10.1. The van der Waals surface area contributed by atoms with Crippen LogP contribution in [-0.4, -0.2) is 48.7 Å². The molecule has 13 nitrogen and oxygen atoms in total. The number of aromatic nitrogens is 1. The van der Waals surface area contributed by atoms with Gasteiger partial charge in [0.25, 0.3) is 15.6 Å². The maximum Gasteiger partial charge on any atom is 0.490 e. The van der Waals surface area contributed by atoms with E-state index in [1.807, 2.05) is 0 Å². The van der Waals surface area contributed by atoms with Gasteiger partial charge in [0.05, 0.1) is 11.5 Å². The number of aliphatic carboxylic acids is 1. The van der Waals surface area contributed by atoms with Crippen molar-refractivity contribution in [1.29, 1.82) is 5.41 Å². The summed E-state index contributed by atoms with van der Waals surface area (Å²) in [5.41, 5.74) is 13.4. The van der Waals surface area contributed by atoms with Crippen LogP contribution in [0.15, 0.2) is 40.0 Å². The summed E-state index contributed by atoms with van der Waals surface area (Å²) < 4.78 is 60.9. The van der Waals surface area contributed by atoms with Crippen molar-refractivity contribution in [2.24, 2.45) is 11.5 Å². The van der Waals surface area contributed by atoms with Crippen LogP contribution in [-0.2, 0) is 24.4 Å². The summed E-state index contributed by atoms with van der Waals surface area (Å²) in [5, 5.41) is 14.2. The van der Waals surface area contributed by atoms with Gasteiger partial charge in [0.1, 0.15) is 11.7 Å². The number of sulfonamides is 1. The highest BCUT2D eigenvalue weighted by Gasteiger charge is 2.38. The Hall–Kier alpha value is -4.12. The first-order valence-electron chi connectivity index (χ1n) is 10.5. The fourth-order valence-corrected chi connectivity index (χ4v) is 4.39. The second kappa shape index (κ2) is 12.9. The minimum absolute atomic E-state index is 0.0104. The van der Waals surface area contributed by atoms with E-state index in [-0.39, 0.29) is 23.6 Å². The van der Waals surface area contributed by atoms with Crippen LogP contribution in [0.1, 0.15) is 29.3 Å². The minimum Gasteiger partial charge on any atom is -0.475 e. The number of amides is 1. The standard InChI is InChI=1S/C19H26N6O5S.C2HF3O2/c1-11-4-5-12(2)16(10-11)31(28,29)24-14-7-6-13(3)25(18(14)27)15(17(20)26)8-9-30-23-19(21)22;3-2(4,5)1(6)7/h4-7,10,15,24H,8-9H2,1-3H3,(H2,20,26)(H4,21,22,23);(H,6,7). The number of benzene rings is 1. The Morgan fingerprint density at radius 2 is 1.74 bits per heavy atom. The normalized spacial score (nSPS) is 12.1. The molecule has 1 aromatic heterocycles. The average Bonchev–Trinajstić information content (AvgIpc) is 2.78. The molecule has 0 saturated heterocycles. The molecule has 2 aromatic rings. The van der Waals surface area contributed by atoms with Gasteiger partial charge in [0, 0.05) is 12.1 Å². The van der Waals surface area contributed by atoms with E-state index in [1.54, 1.807) is 32.9 Å². The lowest BCUT2D eigenvalue weighted by molar-refractivity contribution is -0.192. The van der Waals surface area contributed by atoms with E-state index in [4.69, 9.17) is 31.6 Å². The number of pyridine rings is 1. The first kappa shape index (κ1) is 31.9. The van der Waals surface area contributed by atoms with Crippen molar-refractivity contribution < 1.29 is 41.1 Å². The zero-order chi connectivity index (χ0) is 29.4. The van der Waals surface area contributed by atoms with E-state index in [0.29, 0.717) is 11.3 Å². The second-order valence-corrected chi connectivity index (χ2v) is 9.46. The Morgan fingerprint density at radius 1 is 1.16 bits per heavy atom. The lowest BCUT2D eigenvalue weighted by Crippen LogP contribution is -2.38. The summed E-state index contributed by atoms with van der Waals surface area (Å²) in [6.07, 6.45) is -5.09. The van der Waals surface area contributed by atoms with Crippen LogP contribution < -0.4 is 27.2 Å². The number of hydrogen-bond donors (Lipinski definition) is 6. The molecule has 1 heterocycles. The van der Waals surface area contributed by atoms with Gasteiger partial charge in [-0.05, 0) is 50.1 Å². The van der Waals surface area contributed by atoms with Crippen LogP contribution >= 0.6 is 0 Å². The molecule has 210 valence electrons. The average molecular weight is 565 g/mol. The van der Waals surface area contributed by atoms with E-state index in [0.717, 1.165) is 10.1 Å². The number of hydroxylamine groups is 1. The molecule has 1 atom stereocenters. The Kier molecular flexibility index (Phi) is 10.8. The van der Waals surface area contributed by atoms with Gasteiger partial charge >= 0.3 is 12.1 Å². The van der Waals surface area contributed by atoms with Gasteiger partial charge in [-0.25, -0.2) is 18.7 Å². The second-order valence-electron chi connectivity index (χ2n) is 7.81. The molecule has 1 aromatic carbocycles. The van der Waals surface area contributed by atoms with Crippen LogP contribution in [0.3, 0.4) is 0 Å². The summed E-state index contributed by atoms with van der Waals surface area (Å²) in [6.45, 7) is 4.92. The molecule has 0 spiro atoms. The fraction of sp³-hybridized carbons (Fsp3) is 0.333. The summed E-state index contributed by atoms with van der Waals surface area (Å²) in [5.74, 6) is -3.98. The number of primary amides is 1. The maximum atomic E-state index is 13.1. The van der Waals surface area contributed by atoms with E-state index in [1.165, 1.54) is 18.2 Å². The van der Waals surface area contributed by atoms with Crippen LogP contribution in [0, 0.1) is 26.2 Å². The number of nitrogens with two attached hydrogens (primary N) is 2. The lowest BCUT2D eigenvalue weighted by Gasteiger charge is -2.21. The quantitative estimate of drug-likeness (QED) is 0.111. The topological polar surface area (TPSA) is 220 Å². The third-order valence-electron chi connectivity index (χ3n) is 4.76.